The molecule has 1 atom stereocenters. The van der Waals surface area contributed by atoms with Gasteiger partial charge in [0.1, 0.15) is 18.3 Å². The number of hydrogen-bond acceptors (Lipinski definition) is 5. The van der Waals surface area contributed by atoms with Crippen molar-refractivity contribution in [1.82, 2.24) is 10.2 Å². The van der Waals surface area contributed by atoms with Gasteiger partial charge in [-0.2, -0.15) is 0 Å². The molecule has 8 nitrogen and oxygen atoms in total. The van der Waals surface area contributed by atoms with Gasteiger partial charge >= 0.3 is 0 Å². The number of rotatable bonds is 13. The first-order valence-corrected chi connectivity index (χ1v) is 15.2. The van der Waals surface area contributed by atoms with Crippen molar-refractivity contribution < 1.29 is 22.7 Å². The summed E-state index contributed by atoms with van der Waals surface area (Å²) >= 11 is 0. The number of aryl methyl sites for hydroxylation is 2. The summed E-state index contributed by atoms with van der Waals surface area (Å²) in [5, 5.41) is 2.94. The monoisotopic (exact) mass is 565 g/mol. The topological polar surface area (TPSA) is 96.0 Å². The number of hydrogen-bond donors (Lipinski definition) is 1. The third-order valence-electron chi connectivity index (χ3n) is 6.70. The zero-order valence-electron chi connectivity index (χ0n) is 23.9. The van der Waals surface area contributed by atoms with Crippen molar-refractivity contribution in [2.24, 2.45) is 0 Å². The molecule has 0 saturated heterocycles. The molecule has 0 saturated carbocycles. The normalized spacial score (nSPS) is 11.9. The van der Waals surface area contributed by atoms with E-state index in [9.17, 15) is 18.0 Å². The van der Waals surface area contributed by atoms with Gasteiger partial charge in [0.2, 0.25) is 21.8 Å². The lowest BCUT2D eigenvalue weighted by Gasteiger charge is -2.34. The van der Waals surface area contributed by atoms with Crippen LogP contribution in [0.2, 0.25) is 0 Å². The summed E-state index contributed by atoms with van der Waals surface area (Å²) in [6, 6.07) is 21.5. The van der Waals surface area contributed by atoms with Crippen LogP contribution in [0.4, 0.5) is 5.69 Å². The molecular formula is C31H39N3O5S. The van der Waals surface area contributed by atoms with Gasteiger partial charge in [-0.1, -0.05) is 67.6 Å². The molecule has 0 aromatic heterocycles. The number of amides is 2. The highest BCUT2D eigenvalue weighted by Crippen LogP contribution is 2.31. The predicted octanol–water partition coefficient (Wildman–Crippen LogP) is 4.24. The third kappa shape index (κ3) is 8.08. The summed E-state index contributed by atoms with van der Waals surface area (Å²) in [6.45, 7) is 5.86. The summed E-state index contributed by atoms with van der Waals surface area (Å²) in [7, 11) is -2.44. The molecule has 3 aromatic carbocycles. The lowest BCUT2D eigenvalue weighted by atomic mass is 10.0. The molecule has 3 aromatic rings. The quantitative estimate of drug-likeness (QED) is 0.334. The van der Waals surface area contributed by atoms with E-state index in [4.69, 9.17) is 4.74 Å². The molecule has 0 spiro atoms. The highest BCUT2D eigenvalue weighted by Gasteiger charge is 2.33. The number of methoxy groups -OCH3 is 1. The summed E-state index contributed by atoms with van der Waals surface area (Å²) in [4.78, 5) is 29.3. The summed E-state index contributed by atoms with van der Waals surface area (Å²) < 4.78 is 32.6. The molecule has 1 N–H and O–H groups in total. The van der Waals surface area contributed by atoms with E-state index in [0.717, 1.165) is 39.2 Å². The molecule has 0 radical (unpaired) electrons. The lowest BCUT2D eigenvalue weighted by Crippen LogP contribution is -2.53. The van der Waals surface area contributed by atoms with Gasteiger partial charge < -0.3 is 15.0 Å². The molecule has 0 fully saturated rings. The van der Waals surface area contributed by atoms with Crippen LogP contribution in [0.5, 0.6) is 5.75 Å². The summed E-state index contributed by atoms with van der Waals surface area (Å²) in [5.74, 6) is -0.452. The predicted molar refractivity (Wildman–Crippen MR) is 159 cm³/mol. The Kier molecular flexibility index (Phi) is 10.7. The number of benzene rings is 3. The van der Waals surface area contributed by atoms with Crippen LogP contribution >= 0.6 is 0 Å². The first kappa shape index (κ1) is 30.7. The average molecular weight is 566 g/mol. The molecule has 0 aliphatic rings. The van der Waals surface area contributed by atoms with Crippen molar-refractivity contribution >= 4 is 27.5 Å². The van der Waals surface area contributed by atoms with Gasteiger partial charge in [-0.3, -0.25) is 13.9 Å². The van der Waals surface area contributed by atoms with Gasteiger partial charge in [-0.25, -0.2) is 8.42 Å². The van der Waals surface area contributed by atoms with Crippen LogP contribution in [0.15, 0.2) is 72.8 Å². The van der Waals surface area contributed by atoms with Crippen molar-refractivity contribution in [2.45, 2.75) is 46.2 Å². The van der Waals surface area contributed by atoms with Crippen LogP contribution in [0.25, 0.3) is 0 Å². The molecule has 0 bridgehead atoms. The maximum Gasteiger partial charge on any atom is 0.244 e. The Morgan fingerprint density at radius 3 is 2.27 bits per heavy atom. The van der Waals surface area contributed by atoms with Crippen LogP contribution < -0.4 is 14.4 Å². The SMILES string of the molecule is CCCNC(=O)[C@@H](Cc1ccccc1)N(Cc1ccccc1C)C(=O)CN(c1cc(C)ccc1OC)S(C)(=O)=O. The zero-order chi connectivity index (χ0) is 29.3. The molecule has 0 aliphatic carbocycles. The number of carbonyl (C=O) groups excluding carboxylic acids is 2. The highest BCUT2D eigenvalue weighted by atomic mass is 32.2. The number of sulfonamides is 1. The average Bonchev–Trinajstić information content (AvgIpc) is 2.93. The maximum atomic E-state index is 14.2. The van der Waals surface area contributed by atoms with Crippen molar-refractivity contribution in [3.63, 3.8) is 0 Å². The van der Waals surface area contributed by atoms with Crippen LogP contribution in [0, 0.1) is 13.8 Å². The standard InChI is InChI=1S/C31H39N3O5S/c1-6-18-32-31(36)28(20-25-13-8-7-9-14-25)33(21-26-15-11-10-12-24(26)3)30(35)22-34(40(5,37)38)27-19-23(2)16-17-29(27)39-4/h7-17,19,28H,6,18,20-22H2,1-5H3,(H,32,36)/t28-/m1/s1. The van der Waals surface area contributed by atoms with E-state index in [0.29, 0.717) is 12.3 Å². The number of nitrogens with zero attached hydrogens (tertiary/aromatic N) is 2. The first-order valence-electron chi connectivity index (χ1n) is 13.3. The van der Waals surface area contributed by atoms with E-state index in [1.165, 1.54) is 12.0 Å². The fourth-order valence-corrected chi connectivity index (χ4v) is 5.33. The smallest absolute Gasteiger partial charge is 0.244 e. The largest absolute Gasteiger partial charge is 0.495 e. The van der Waals surface area contributed by atoms with Gasteiger partial charge in [-0.05, 0) is 54.7 Å². The van der Waals surface area contributed by atoms with Crippen LogP contribution in [0.1, 0.15) is 35.6 Å². The maximum absolute atomic E-state index is 14.2. The zero-order valence-corrected chi connectivity index (χ0v) is 24.7. The number of ether oxygens (including phenoxy) is 1. The van der Waals surface area contributed by atoms with Gasteiger partial charge in [0.05, 0.1) is 19.1 Å². The molecule has 2 amide bonds. The Morgan fingerprint density at radius 1 is 0.975 bits per heavy atom. The minimum atomic E-state index is -3.89. The second kappa shape index (κ2) is 14.0. The van der Waals surface area contributed by atoms with Gasteiger partial charge in [-0.15, -0.1) is 0 Å². The molecule has 0 heterocycles. The molecule has 214 valence electrons. The summed E-state index contributed by atoms with van der Waals surface area (Å²) in [6.07, 6.45) is 2.08. The second-order valence-electron chi connectivity index (χ2n) is 9.89. The third-order valence-corrected chi connectivity index (χ3v) is 7.83. The molecule has 9 heteroatoms. The molecular weight excluding hydrogens is 526 g/mol. The molecule has 0 aliphatic heterocycles. The highest BCUT2D eigenvalue weighted by molar-refractivity contribution is 7.92. The van der Waals surface area contributed by atoms with Crippen molar-refractivity contribution in [3.05, 3.63) is 95.1 Å². The van der Waals surface area contributed by atoms with Crippen LogP contribution in [-0.4, -0.2) is 57.6 Å². The Hall–Kier alpha value is -3.85. The van der Waals surface area contributed by atoms with E-state index in [1.54, 1.807) is 12.1 Å². The van der Waals surface area contributed by atoms with Crippen molar-refractivity contribution in [3.8, 4) is 5.75 Å². The summed E-state index contributed by atoms with van der Waals surface area (Å²) in [5.41, 5.74) is 3.81. The van der Waals surface area contributed by atoms with E-state index >= 15 is 0 Å². The lowest BCUT2D eigenvalue weighted by molar-refractivity contribution is -0.140. The van der Waals surface area contributed by atoms with E-state index < -0.39 is 28.5 Å². The van der Waals surface area contributed by atoms with Gasteiger partial charge in [0.15, 0.2) is 0 Å². The minimum absolute atomic E-state index is 0.144. The molecule has 0 unspecified atom stereocenters. The van der Waals surface area contributed by atoms with Gasteiger partial charge in [0.25, 0.3) is 0 Å². The van der Waals surface area contributed by atoms with Crippen LogP contribution in [0.3, 0.4) is 0 Å². The molecule has 40 heavy (non-hydrogen) atoms. The van der Waals surface area contributed by atoms with Crippen molar-refractivity contribution in [2.75, 3.05) is 30.8 Å². The first-order chi connectivity index (χ1) is 19.0. The van der Waals surface area contributed by atoms with Crippen molar-refractivity contribution in [1.29, 1.82) is 0 Å². The van der Waals surface area contributed by atoms with Gasteiger partial charge in [0, 0.05) is 19.5 Å². The fourth-order valence-electron chi connectivity index (χ4n) is 4.48. The van der Waals surface area contributed by atoms with E-state index in [2.05, 4.69) is 5.32 Å². The Bertz CT molecular complexity index is 1410. The number of anilines is 1. The second-order valence-corrected chi connectivity index (χ2v) is 11.8. The number of carbonyl (C=O) groups is 2. The van der Waals surface area contributed by atoms with Crippen LogP contribution in [-0.2, 0) is 32.6 Å². The Balaban J connectivity index is 2.09. The fraction of sp³-hybridized carbons (Fsp3) is 0.355. The van der Waals surface area contributed by atoms with E-state index in [1.807, 2.05) is 81.4 Å². The minimum Gasteiger partial charge on any atom is -0.495 e. The Morgan fingerprint density at radius 2 is 1.65 bits per heavy atom. The van der Waals surface area contributed by atoms with E-state index in [-0.39, 0.29) is 24.6 Å². The molecule has 3 rings (SSSR count). The Labute approximate surface area is 238 Å². The number of nitrogens with one attached hydrogen (secondary N) is 1.